The number of carbonyl (C=O) groups excluding carboxylic acids is 1. The van der Waals surface area contributed by atoms with E-state index in [-0.39, 0.29) is 6.03 Å². The summed E-state index contributed by atoms with van der Waals surface area (Å²) in [5.74, 6) is 0.713. The monoisotopic (exact) mass is 338 g/mol. The molecule has 0 atom stereocenters. The fourth-order valence-electron chi connectivity index (χ4n) is 1.76. The molecular weight excluding hydrogens is 323 g/mol. The van der Waals surface area contributed by atoms with Crippen LogP contribution in [0.2, 0.25) is 10.0 Å². The molecule has 0 saturated carbocycles. The fraction of sp³-hybridized carbons (Fsp3) is 0.188. The van der Waals surface area contributed by atoms with Crippen molar-refractivity contribution in [3.63, 3.8) is 0 Å². The van der Waals surface area contributed by atoms with E-state index in [2.05, 4.69) is 10.6 Å². The number of ether oxygens (including phenoxy) is 1. The van der Waals surface area contributed by atoms with Gasteiger partial charge < -0.3 is 15.4 Å². The van der Waals surface area contributed by atoms with Crippen LogP contribution in [-0.4, -0.2) is 19.2 Å². The van der Waals surface area contributed by atoms with Crippen LogP contribution in [0.15, 0.2) is 48.5 Å². The van der Waals surface area contributed by atoms with E-state index in [1.165, 1.54) is 0 Å². The highest BCUT2D eigenvalue weighted by molar-refractivity contribution is 6.30. The van der Waals surface area contributed by atoms with E-state index >= 15 is 0 Å². The highest BCUT2D eigenvalue weighted by atomic mass is 35.5. The summed E-state index contributed by atoms with van der Waals surface area (Å²) in [5, 5.41) is 6.77. The summed E-state index contributed by atoms with van der Waals surface area (Å²) in [6, 6.07) is 14.2. The minimum Gasteiger partial charge on any atom is -0.492 e. The molecule has 2 aromatic rings. The predicted molar refractivity (Wildman–Crippen MR) is 88.6 cm³/mol. The maximum absolute atomic E-state index is 11.6. The molecule has 2 N–H and O–H groups in total. The summed E-state index contributed by atoms with van der Waals surface area (Å²) in [6.45, 7) is 1.21. The van der Waals surface area contributed by atoms with Crippen LogP contribution in [0, 0.1) is 0 Å². The summed E-state index contributed by atoms with van der Waals surface area (Å²) in [4.78, 5) is 11.6. The molecule has 22 heavy (non-hydrogen) atoms. The van der Waals surface area contributed by atoms with E-state index < -0.39 is 0 Å². The Kier molecular flexibility index (Phi) is 6.37. The van der Waals surface area contributed by atoms with Crippen LogP contribution in [0.1, 0.15) is 5.56 Å². The van der Waals surface area contributed by atoms with E-state index in [1.807, 2.05) is 18.2 Å². The van der Waals surface area contributed by atoms with Gasteiger partial charge in [-0.15, -0.1) is 0 Å². The van der Waals surface area contributed by atoms with E-state index in [0.29, 0.717) is 35.5 Å². The molecule has 0 fully saturated rings. The summed E-state index contributed by atoms with van der Waals surface area (Å²) in [6.07, 6.45) is 0. The van der Waals surface area contributed by atoms with Crippen molar-refractivity contribution in [2.75, 3.05) is 13.2 Å². The molecule has 0 radical (unpaired) electrons. The smallest absolute Gasteiger partial charge is 0.315 e. The van der Waals surface area contributed by atoms with E-state index in [1.54, 1.807) is 30.3 Å². The van der Waals surface area contributed by atoms with Crippen molar-refractivity contribution in [3.8, 4) is 5.75 Å². The number of halogens is 2. The first-order valence-corrected chi connectivity index (χ1v) is 7.53. The second-order valence-electron chi connectivity index (χ2n) is 4.54. The Hall–Kier alpha value is -1.91. The Bertz CT molecular complexity index is 618. The van der Waals surface area contributed by atoms with Crippen LogP contribution in [0.5, 0.6) is 5.75 Å². The van der Waals surface area contributed by atoms with Gasteiger partial charge in [0.05, 0.1) is 6.54 Å². The predicted octanol–water partition coefficient (Wildman–Crippen LogP) is 3.87. The molecule has 116 valence electrons. The van der Waals surface area contributed by atoms with Crippen molar-refractivity contribution in [1.82, 2.24) is 10.6 Å². The van der Waals surface area contributed by atoms with Crippen molar-refractivity contribution >= 4 is 29.2 Å². The maximum Gasteiger partial charge on any atom is 0.315 e. The van der Waals surface area contributed by atoms with Gasteiger partial charge in [0.15, 0.2) is 0 Å². The third-order valence-corrected chi connectivity index (χ3v) is 3.30. The van der Waals surface area contributed by atoms with E-state index in [4.69, 9.17) is 27.9 Å². The summed E-state index contributed by atoms with van der Waals surface area (Å²) in [7, 11) is 0. The molecule has 2 rings (SSSR count). The minimum absolute atomic E-state index is 0.250. The standard InChI is InChI=1S/C16H16Cl2N2O2/c17-13-4-6-15(7-5-13)22-9-8-19-16(21)20-11-12-2-1-3-14(18)10-12/h1-7,10H,8-9,11H2,(H2,19,20,21). The normalized spacial score (nSPS) is 10.1. The second kappa shape index (κ2) is 8.51. The summed E-state index contributed by atoms with van der Waals surface area (Å²) in [5.41, 5.74) is 0.945. The van der Waals surface area contributed by atoms with E-state index in [9.17, 15) is 4.79 Å². The molecule has 0 spiro atoms. The van der Waals surface area contributed by atoms with Gasteiger partial charge >= 0.3 is 6.03 Å². The van der Waals surface area contributed by atoms with Gasteiger partial charge in [-0.3, -0.25) is 0 Å². The molecule has 0 aliphatic heterocycles. The largest absolute Gasteiger partial charge is 0.492 e. The van der Waals surface area contributed by atoms with Gasteiger partial charge in [-0.05, 0) is 42.0 Å². The quantitative estimate of drug-likeness (QED) is 0.785. The lowest BCUT2D eigenvalue weighted by Gasteiger charge is -2.09. The number of rotatable bonds is 6. The zero-order valence-electron chi connectivity index (χ0n) is 11.8. The highest BCUT2D eigenvalue weighted by Gasteiger charge is 2.01. The van der Waals surface area contributed by atoms with Crippen LogP contribution in [0.4, 0.5) is 4.79 Å². The van der Waals surface area contributed by atoms with E-state index in [0.717, 1.165) is 5.56 Å². The number of hydrogen-bond acceptors (Lipinski definition) is 2. The van der Waals surface area contributed by atoms with Gasteiger partial charge in [0, 0.05) is 16.6 Å². The molecule has 4 nitrogen and oxygen atoms in total. The van der Waals surface area contributed by atoms with Crippen molar-refractivity contribution in [3.05, 3.63) is 64.1 Å². The summed E-state index contributed by atoms with van der Waals surface area (Å²) >= 11 is 11.7. The topological polar surface area (TPSA) is 50.4 Å². The van der Waals surface area contributed by atoms with Crippen molar-refractivity contribution < 1.29 is 9.53 Å². The fourth-order valence-corrected chi connectivity index (χ4v) is 2.09. The van der Waals surface area contributed by atoms with Crippen LogP contribution < -0.4 is 15.4 Å². The number of hydrogen-bond donors (Lipinski definition) is 2. The molecule has 0 aliphatic rings. The number of urea groups is 1. The van der Waals surface area contributed by atoms with Crippen molar-refractivity contribution in [2.45, 2.75) is 6.54 Å². The van der Waals surface area contributed by atoms with Gasteiger partial charge in [0.1, 0.15) is 12.4 Å². The molecule has 0 unspecified atom stereocenters. The zero-order chi connectivity index (χ0) is 15.8. The molecule has 0 aromatic heterocycles. The Labute approximate surface area is 139 Å². The molecule has 2 aromatic carbocycles. The Morgan fingerprint density at radius 2 is 1.77 bits per heavy atom. The molecule has 0 bridgehead atoms. The molecule has 0 aliphatic carbocycles. The highest BCUT2D eigenvalue weighted by Crippen LogP contribution is 2.15. The van der Waals surface area contributed by atoms with Crippen molar-refractivity contribution in [2.24, 2.45) is 0 Å². The van der Waals surface area contributed by atoms with Crippen LogP contribution in [0.25, 0.3) is 0 Å². The maximum atomic E-state index is 11.6. The minimum atomic E-state index is -0.250. The van der Waals surface area contributed by atoms with Gasteiger partial charge in [0.25, 0.3) is 0 Å². The lowest BCUT2D eigenvalue weighted by molar-refractivity contribution is 0.236. The van der Waals surface area contributed by atoms with Gasteiger partial charge in [-0.1, -0.05) is 35.3 Å². The Morgan fingerprint density at radius 1 is 1.00 bits per heavy atom. The lowest BCUT2D eigenvalue weighted by Crippen LogP contribution is -2.37. The first kappa shape index (κ1) is 16.5. The zero-order valence-corrected chi connectivity index (χ0v) is 13.3. The first-order chi connectivity index (χ1) is 10.6. The lowest BCUT2D eigenvalue weighted by atomic mass is 10.2. The van der Waals surface area contributed by atoms with Crippen LogP contribution in [0.3, 0.4) is 0 Å². The average Bonchev–Trinajstić information content (AvgIpc) is 2.51. The third kappa shape index (κ3) is 5.84. The van der Waals surface area contributed by atoms with Crippen LogP contribution >= 0.6 is 23.2 Å². The number of benzene rings is 2. The van der Waals surface area contributed by atoms with Gasteiger partial charge in [-0.25, -0.2) is 4.79 Å². The number of amides is 2. The first-order valence-electron chi connectivity index (χ1n) is 6.78. The van der Waals surface area contributed by atoms with Gasteiger partial charge in [-0.2, -0.15) is 0 Å². The SMILES string of the molecule is O=C(NCCOc1ccc(Cl)cc1)NCc1cccc(Cl)c1. The van der Waals surface area contributed by atoms with Crippen LogP contribution in [-0.2, 0) is 6.54 Å². The molecule has 6 heteroatoms. The molecule has 0 saturated heterocycles. The molecule has 2 amide bonds. The Morgan fingerprint density at radius 3 is 2.50 bits per heavy atom. The molecular formula is C16H16Cl2N2O2. The molecule has 0 heterocycles. The third-order valence-electron chi connectivity index (χ3n) is 2.81. The Balaban J connectivity index is 1.62. The number of carbonyl (C=O) groups is 1. The average molecular weight is 339 g/mol. The number of nitrogens with one attached hydrogen (secondary N) is 2. The second-order valence-corrected chi connectivity index (χ2v) is 5.41. The van der Waals surface area contributed by atoms with Gasteiger partial charge in [0.2, 0.25) is 0 Å². The van der Waals surface area contributed by atoms with Crippen molar-refractivity contribution in [1.29, 1.82) is 0 Å². The summed E-state index contributed by atoms with van der Waals surface area (Å²) < 4.78 is 5.47.